The maximum atomic E-state index is 12.4. The second-order valence-corrected chi connectivity index (χ2v) is 5.28. The predicted octanol–water partition coefficient (Wildman–Crippen LogP) is 3.71. The molecule has 23 heavy (non-hydrogen) atoms. The monoisotopic (exact) mass is 306 g/mol. The summed E-state index contributed by atoms with van der Waals surface area (Å²) >= 11 is 0. The van der Waals surface area contributed by atoms with Gasteiger partial charge in [0.15, 0.2) is 11.5 Å². The third-order valence-corrected chi connectivity index (χ3v) is 3.65. The molecule has 0 fully saturated rings. The van der Waals surface area contributed by atoms with E-state index in [4.69, 9.17) is 4.42 Å². The van der Waals surface area contributed by atoms with Crippen molar-refractivity contribution in [3.63, 3.8) is 0 Å². The number of H-pyrrole nitrogens is 2. The maximum absolute atomic E-state index is 12.4. The number of nitrogens with zero attached hydrogens (tertiary/aromatic N) is 1. The van der Waals surface area contributed by atoms with Gasteiger partial charge in [-0.2, -0.15) is 5.10 Å². The number of furan rings is 1. The first-order valence-electron chi connectivity index (χ1n) is 7.20. The molecule has 114 valence electrons. The number of aryl methyl sites for hydroxylation is 1. The molecule has 0 spiro atoms. The normalized spacial score (nSPS) is 11.0. The van der Waals surface area contributed by atoms with Gasteiger partial charge in [-0.15, -0.1) is 0 Å². The van der Waals surface area contributed by atoms with E-state index in [9.17, 15) is 4.79 Å². The first kappa shape index (κ1) is 13.4. The Morgan fingerprint density at radius 1 is 1.22 bits per heavy atom. The molecule has 0 unspecified atom stereocenters. The zero-order valence-electron chi connectivity index (χ0n) is 12.4. The number of nitrogens with one attached hydrogen (secondary N) is 3. The SMILES string of the molecule is Cc1ccc(-c2cc(C(=O)Nc3c[nH]c4ccccc34)n[nH]2)o1. The zero-order valence-corrected chi connectivity index (χ0v) is 12.4. The van der Waals surface area contributed by atoms with Crippen molar-refractivity contribution in [3.05, 3.63) is 60.1 Å². The molecule has 4 aromatic rings. The molecule has 0 aliphatic rings. The lowest BCUT2D eigenvalue weighted by molar-refractivity contribution is 0.102. The molecule has 6 nitrogen and oxygen atoms in total. The third kappa shape index (κ3) is 2.40. The van der Waals surface area contributed by atoms with Crippen molar-refractivity contribution in [3.8, 4) is 11.5 Å². The topological polar surface area (TPSA) is 86.7 Å². The second-order valence-electron chi connectivity index (χ2n) is 5.28. The number of aromatic nitrogens is 3. The molecule has 0 aliphatic heterocycles. The summed E-state index contributed by atoms with van der Waals surface area (Å²) in [5.74, 6) is 1.18. The van der Waals surface area contributed by atoms with E-state index in [0.717, 1.165) is 22.4 Å². The summed E-state index contributed by atoms with van der Waals surface area (Å²) < 4.78 is 5.52. The minimum Gasteiger partial charge on any atom is -0.460 e. The number of para-hydroxylation sites is 1. The number of aromatic amines is 2. The van der Waals surface area contributed by atoms with Crippen LogP contribution in [0.2, 0.25) is 0 Å². The van der Waals surface area contributed by atoms with Crippen molar-refractivity contribution in [2.24, 2.45) is 0 Å². The summed E-state index contributed by atoms with van der Waals surface area (Å²) in [6.45, 7) is 1.87. The van der Waals surface area contributed by atoms with Crippen molar-refractivity contribution in [1.82, 2.24) is 15.2 Å². The number of carbonyl (C=O) groups excluding carboxylic acids is 1. The summed E-state index contributed by atoms with van der Waals surface area (Å²) in [4.78, 5) is 15.5. The van der Waals surface area contributed by atoms with Gasteiger partial charge in [0, 0.05) is 23.2 Å². The van der Waals surface area contributed by atoms with Gasteiger partial charge in [0.1, 0.15) is 11.5 Å². The first-order valence-corrected chi connectivity index (χ1v) is 7.20. The van der Waals surface area contributed by atoms with Crippen LogP contribution in [0.1, 0.15) is 16.2 Å². The molecule has 3 N–H and O–H groups in total. The lowest BCUT2D eigenvalue weighted by atomic mass is 10.2. The highest BCUT2D eigenvalue weighted by atomic mass is 16.3. The molecular formula is C17H14N4O2. The van der Waals surface area contributed by atoms with E-state index in [0.29, 0.717) is 17.1 Å². The van der Waals surface area contributed by atoms with E-state index in [2.05, 4.69) is 20.5 Å². The summed E-state index contributed by atoms with van der Waals surface area (Å²) in [5, 5.41) is 10.7. The Morgan fingerprint density at radius 3 is 2.91 bits per heavy atom. The van der Waals surface area contributed by atoms with E-state index in [1.165, 1.54) is 0 Å². The highest BCUT2D eigenvalue weighted by Gasteiger charge is 2.14. The fourth-order valence-corrected chi connectivity index (χ4v) is 2.50. The van der Waals surface area contributed by atoms with Crippen LogP contribution in [-0.2, 0) is 0 Å². The van der Waals surface area contributed by atoms with E-state index < -0.39 is 0 Å². The summed E-state index contributed by atoms with van der Waals surface area (Å²) in [6, 6.07) is 13.1. The maximum Gasteiger partial charge on any atom is 0.276 e. The number of carbonyl (C=O) groups is 1. The highest BCUT2D eigenvalue weighted by Crippen LogP contribution is 2.24. The Hall–Kier alpha value is -3.28. The van der Waals surface area contributed by atoms with E-state index in [-0.39, 0.29) is 5.91 Å². The third-order valence-electron chi connectivity index (χ3n) is 3.65. The molecule has 0 saturated heterocycles. The van der Waals surface area contributed by atoms with Crippen LogP contribution in [0.3, 0.4) is 0 Å². The molecule has 0 aliphatic carbocycles. The molecule has 1 amide bonds. The Morgan fingerprint density at radius 2 is 2.09 bits per heavy atom. The minimum atomic E-state index is -0.277. The Balaban J connectivity index is 1.59. The molecule has 1 aromatic carbocycles. The van der Waals surface area contributed by atoms with Crippen molar-refractivity contribution in [1.29, 1.82) is 0 Å². The fraction of sp³-hybridized carbons (Fsp3) is 0.0588. The number of benzene rings is 1. The first-order chi connectivity index (χ1) is 11.2. The van der Waals surface area contributed by atoms with Gasteiger partial charge in [-0.1, -0.05) is 18.2 Å². The van der Waals surface area contributed by atoms with Crippen LogP contribution >= 0.6 is 0 Å². The number of rotatable bonds is 3. The van der Waals surface area contributed by atoms with Crippen LogP contribution in [0.15, 0.2) is 53.1 Å². The molecule has 0 radical (unpaired) electrons. The van der Waals surface area contributed by atoms with Crippen molar-refractivity contribution < 1.29 is 9.21 Å². The standard InChI is InChI=1S/C17H14N4O2/c1-10-6-7-16(23-10)13-8-14(21-20-13)17(22)19-15-9-18-12-5-3-2-4-11(12)15/h2-9,18H,1H3,(H,19,22)(H,20,21). The van der Waals surface area contributed by atoms with Crippen LogP contribution in [0.4, 0.5) is 5.69 Å². The molecule has 0 bridgehead atoms. The molecular weight excluding hydrogens is 292 g/mol. The van der Waals surface area contributed by atoms with Crippen molar-refractivity contribution >= 4 is 22.5 Å². The van der Waals surface area contributed by atoms with Crippen LogP contribution in [0, 0.1) is 6.92 Å². The number of anilines is 1. The Kier molecular flexibility index (Phi) is 3.01. The van der Waals surface area contributed by atoms with Gasteiger partial charge in [0.2, 0.25) is 0 Å². The van der Waals surface area contributed by atoms with E-state index >= 15 is 0 Å². The smallest absolute Gasteiger partial charge is 0.276 e. The van der Waals surface area contributed by atoms with Gasteiger partial charge >= 0.3 is 0 Å². The van der Waals surface area contributed by atoms with Gasteiger partial charge in [0.25, 0.3) is 5.91 Å². The largest absolute Gasteiger partial charge is 0.460 e. The predicted molar refractivity (Wildman–Crippen MR) is 87.3 cm³/mol. The molecule has 3 aromatic heterocycles. The summed E-state index contributed by atoms with van der Waals surface area (Å²) in [5.41, 5.74) is 2.67. The highest BCUT2D eigenvalue weighted by molar-refractivity contribution is 6.08. The van der Waals surface area contributed by atoms with Crippen molar-refractivity contribution in [2.45, 2.75) is 6.92 Å². The van der Waals surface area contributed by atoms with Crippen LogP contribution in [0.25, 0.3) is 22.4 Å². The van der Waals surface area contributed by atoms with Crippen LogP contribution in [-0.4, -0.2) is 21.1 Å². The Bertz CT molecular complexity index is 993. The lowest BCUT2D eigenvalue weighted by Gasteiger charge is -2.00. The average Bonchev–Trinajstić information content (AvgIpc) is 3.27. The quantitative estimate of drug-likeness (QED) is 0.539. The molecule has 4 rings (SSSR count). The number of fused-ring (bicyclic) bond motifs is 1. The lowest BCUT2D eigenvalue weighted by Crippen LogP contribution is -2.11. The Labute approximate surface area is 131 Å². The number of amides is 1. The summed E-state index contributed by atoms with van der Waals surface area (Å²) in [6.07, 6.45) is 1.77. The molecule has 6 heteroatoms. The van der Waals surface area contributed by atoms with Gasteiger partial charge in [-0.25, -0.2) is 0 Å². The summed E-state index contributed by atoms with van der Waals surface area (Å²) in [7, 11) is 0. The second kappa shape index (κ2) is 5.17. The van der Waals surface area contributed by atoms with E-state index in [1.807, 2.05) is 43.3 Å². The van der Waals surface area contributed by atoms with Gasteiger partial charge in [0.05, 0.1) is 5.69 Å². The molecule has 0 saturated carbocycles. The van der Waals surface area contributed by atoms with Crippen molar-refractivity contribution in [2.75, 3.05) is 5.32 Å². The zero-order chi connectivity index (χ0) is 15.8. The molecule has 3 heterocycles. The average molecular weight is 306 g/mol. The van der Waals surface area contributed by atoms with E-state index in [1.54, 1.807) is 12.3 Å². The van der Waals surface area contributed by atoms with Gasteiger partial charge in [-0.05, 0) is 25.1 Å². The van der Waals surface area contributed by atoms with Crippen LogP contribution < -0.4 is 5.32 Å². The fourth-order valence-electron chi connectivity index (χ4n) is 2.50. The van der Waals surface area contributed by atoms with Crippen LogP contribution in [0.5, 0.6) is 0 Å². The van der Waals surface area contributed by atoms with Gasteiger partial charge < -0.3 is 14.7 Å². The number of hydrogen-bond acceptors (Lipinski definition) is 3. The molecule has 0 atom stereocenters. The number of hydrogen-bond donors (Lipinski definition) is 3. The minimum absolute atomic E-state index is 0.277. The van der Waals surface area contributed by atoms with Gasteiger partial charge in [-0.3, -0.25) is 9.89 Å².